The average Bonchev–Trinajstić information content (AvgIpc) is 2.74. The van der Waals surface area contributed by atoms with E-state index in [1.54, 1.807) is 0 Å². The van der Waals surface area contributed by atoms with Gasteiger partial charge in [-0.3, -0.25) is 4.68 Å². The molecule has 2 N–H and O–H groups in total. The highest BCUT2D eigenvalue weighted by Crippen LogP contribution is 2.05. The molecule has 0 saturated heterocycles. The Morgan fingerprint density at radius 1 is 1.32 bits per heavy atom. The Hall–Kier alpha value is -0.920. The molecular weight excluding hydrogens is 264 g/mol. The van der Waals surface area contributed by atoms with Gasteiger partial charge in [-0.15, -0.1) is 0 Å². The van der Waals surface area contributed by atoms with E-state index in [2.05, 4.69) is 35.1 Å². The molecule has 0 bridgehead atoms. The van der Waals surface area contributed by atoms with E-state index >= 15 is 0 Å². The third-order valence-corrected chi connectivity index (χ3v) is 3.50. The van der Waals surface area contributed by atoms with Crippen molar-refractivity contribution in [2.24, 2.45) is 0 Å². The summed E-state index contributed by atoms with van der Waals surface area (Å²) in [4.78, 5) is 0. The maximum absolute atomic E-state index is 10.9. The molecule has 110 valence electrons. The quantitative estimate of drug-likeness (QED) is 0.649. The summed E-state index contributed by atoms with van der Waals surface area (Å²) in [7, 11) is -3.07. The predicted molar refractivity (Wildman–Crippen MR) is 76.4 cm³/mol. The molecular formula is C12H24N4O2S. The van der Waals surface area contributed by atoms with Gasteiger partial charge >= 0.3 is 0 Å². The number of aromatic nitrogens is 2. The molecule has 0 radical (unpaired) electrons. The number of rotatable bonds is 9. The number of sulfonamides is 1. The monoisotopic (exact) mass is 288 g/mol. The Balaban J connectivity index is 2.27. The van der Waals surface area contributed by atoms with Crippen LogP contribution < -0.4 is 10.0 Å². The van der Waals surface area contributed by atoms with Crippen LogP contribution in [0.15, 0.2) is 6.07 Å². The first-order valence-corrected chi connectivity index (χ1v) is 8.56. The van der Waals surface area contributed by atoms with Crippen LogP contribution in [0.5, 0.6) is 0 Å². The summed E-state index contributed by atoms with van der Waals surface area (Å²) in [5.41, 5.74) is 2.29. The molecule has 0 aromatic carbocycles. The second-order valence-electron chi connectivity index (χ2n) is 4.49. The van der Waals surface area contributed by atoms with Gasteiger partial charge in [0.05, 0.1) is 17.6 Å². The largest absolute Gasteiger partial charge is 0.311 e. The third-order valence-electron chi connectivity index (χ3n) is 2.78. The molecule has 0 fully saturated rings. The highest BCUT2D eigenvalue weighted by molar-refractivity contribution is 7.88. The normalized spacial score (nSPS) is 11.9. The van der Waals surface area contributed by atoms with Crippen molar-refractivity contribution in [3.63, 3.8) is 0 Å². The molecule has 6 nitrogen and oxygen atoms in total. The van der Waals surface area contributed by atoms with Gasteiger partial charge in [0, 0.05) is 19.6 Å². The van der Waals surface area contributed by atoms with Gasteiger partial charge in [0.2, 0.25) is 10.0 Å². The van der Waals surface area contributed by atoms with Crippen LogP contribution in [-0.2, 0) is 29.5 Å². The smallest absolute Gasteiger partial charge is 0.208 e. The van der Waals surface area contributed by atoms with E-state index in [0.29, 0.717) is 6.54 Å². The molecule has 0 saturated carbocycles. The number of aryl methyl sites for hydroxylation is 2. The second-order valence-corrected chi connectivity index (χ2v) is 6.33. The average molecular weight is 288 g/mol. The summed E-state index contributed by atoms with van der Waals surface area (Å²) >= 11 is 0. The zero-order valence-electron chi connectivity index (χ0n) is 11.9. The van der Waals surface area contributed by atoms with Gasteiger partial charge in [-0.25, -0.2) is 13.1 Å². The number of hydrogen-bond acceptors (Lipinski definition) is 4. The van der Waals surface area contributed by atoms with Crippen molar-refractivity contribution in [2.75, 3.05) is 19.3 Å². The summed E-state index contributed by atoms with van der Waals surface area (Å²) in [6, 6.07) is 2.12. The van der Waals surface area contributed by atoms with Crippen LogP contribution in [0.25, 0.3) is 0 Å². The molecule has 0 atom stereocenters. The third kappa shape index (κ3) is 6.17. The van der Waals surface area contributed by atoms with Crippen molar-refractivity contribution in [1.29, 1.82) is 0 Å². The van der Waals surface area contributed by atoms with Crippen molar-refractivity contribution >= 4 is 10.0 Å². The summed E-state index contributed by atoms with van der Waals surface area (Å²) in [6.07, 6.45) is 2.89. The van der Waals surface area contributed by atoms with Gasteiger partial charge in [0.1, 0.15) is 0 Å². The molecule has 1 aromatic rings. The Morgan fingerprint density at radius 2 is 2.05 bits per heavy atom. The maximum Gasteiger partial charge on any atom is 0.208 e. The minimum atomic E-state index is -3.07. The summed E-state index contributed by atoms with van der Waals surface area (Å²) in [6.45, 7) is 7.05. The van der Waals surface area contributed by atoms with Crippen LogP contribution in [0, 0.1) is 0 Å². The van der Waals surface area contributed by atoms with Gasteiger partial charge in [0.15, 0.2) is 0 Å². The number of nitrogens with one attached hydrogen (secondary N) is 2. The SMILES string of the molecule is CCc1cc(CNCCCNS(C)(=O)=O)n(CC)n1. The van der Waals surface area contributed by atoms with Gasteiger partial charge in [-0.1, -0.05) is 6.92 Å². The van der Waals surface area contributed by atoms with Crippen LogP contribution in [-0.4, -0.2) is 37.5 Å². The van der Waals surface area contributed by atoms with Crippen molar-refractivity contribution in [3.8, 4) is 0 Å². The van der Waals surface area contributed by atoms with Crippen LogP contribution in [0.3, 0.4) is 0 Å². The Kier molecular flexibility index (Phi) is 6.47. The molecule has 1 aromatic heterocycles. The zero-order chi connectivity index (χ0) is 14.3. The van der Waals surface area contributed by atoms with Gasteiger partial charge < -0.3 is 5.32 Å². The zero-order valence-corrected chi connectivity index (χ0v) is 12.8. The number of hydrogen-bond donors (Lipinski definition) is 2. The van der Waals surface area contributed by atoms with E-state index in [0.717, 1.165) is 38.2 Å². The standard InChI is InChI=1S/C12H24N4O2S/c1-4-11-9-12(16(5-2)15-11)10-13-7-6-8-14-19(3,17)18/h9,13-14H,4-8,10H2,1-3H3. The Morgan fingerprint density at radius 3 is 2.63 bits per heavy atom. The molecule has 1 rings (SSSR count). The highest BCUT2D eigenvalue weighted by Gasteiger charge is 2.05. The van der Waals surface area contributed by atoms with Crippen LogP contribution in [0.2, 0.25) is 0 Å². The summed E-state index contributed by atoms with van der Waals surface area (Å²) in [5, 5.41) is 7.78. The molecule has 0 aliphatic heterocycles. The lowest BCUT2D eigenvalue weighted by Crippen LogP contribution is -2.26. The van der Waals surface area contributed by atoms with Gasteiger partial charge in [-0.05, 0) is 32.4 Å². The minimum Gasteiger partial charge on any atom is -0.311 e. The minimum absolute atomic E-state index is 0.471. The van der Waals surface area contributed by atoms with Crippen molar-refractivity contribution in [2.45, 2.75) is 39.8 Å². The molecule has 1 heterocycles. The van der Waals surface area contributed by atoms with E-state index in [-0.39, 0.29) is 0 Å². The van der Waals surface area contributed by atoms with E-state index in [4.69, 9.17) is 0 Å². The summed E-state index contributed by atoms with van der Waals surface area (Å²) in [5.74, 6) is 0. The van der Waals surface area contributed by atoms with Gasteiger partial charge in [0.25, 0.3) is 0 Å². The van der Waals surface area contributed by atoms with Gasteiger partial charge in [-0.2, -0.15) is 5.10 Å². The maximum atomic E-state index is 10.9. The molecule has 0 amide bonds. The van der Waals surface area contributed by atoms with Crippen LogP contribution in [0.1, 0.15) is 31.7 Å². The summed E-state index contributed by atoms with van der Waals surface area (Å²) < 4.78 is 26.2. The first kappa shape index (κ1) is 16.1. The number of nitrogens with zero attached hydrogens (tertiary/aromatic N) is 2. The second kappa shape index (κ2) is 7.62. The molecule has 0 spiro atoms. The van der Waals surface area contributed by atoms with E-state index in [1.807, 2.05) is 4.68 Å². The lowest BCUT2D eigenvalue weighted by atomic mass is 10.3. The van der Waals surface area contributed by atoms with E-state index in [1.165, 1.54) is 11.9 Å². The Bertz CT molecular complexity index is 482. The fourth-order valence-corrected chi connectivity index (χ4v) is 2.31. The lowest BCUT2D eigenvalue weighted by Gasteiger charge is -2.07. The fraction of sp³-hybridized carbons (Fsp3) is 0.750. The highest BCUT2D eigenvalue weighted by atomic mass is 32.2. The van der Waals surface area contributed by atoms with Crippen molar-refractivity contribution in [3.05, 3.63) is 17.5 Å². The lowest BCUT2D eigenvalue weighted by molar-refractivity contribution is 0.561. The molecule has 0 unspecified atom stereocenters. The van der Waals surface area contributed by atoms with Crippen molar-refractivity contribution < 1.29 is 8.42 Å². The topological polar surface area (TPSA) is 76.0 Å². The first-order valence-electron chi connectivity index (χ1n) is 6.67. The van der Waals surface area contributed by atoms with E-state index < -0.39 is 10.0 Å². The Labute approximate surface area is 115 Å². The first-order chi connectivity index (χ1) is 8.96. The van der Waals surface area contributed by atoms with Crippen LogP contribution >= 0.6 is 0 Å². The molecule has 0 aliphatic rings. The molecule has 0 aliphatic carbocycles. The predicted octanol–water partition coefficient (Wildman–Crippen LogP) is 0.494. The van der Waals surface area contributed by atoms with Crippen LogP contribution in [0.4, 0.5) is 0 Å². The molecule has 19 heavy (non-hydrogen) atoms. The fourth-order valence-electron chi connectivity index (χ4n) is 1.79. The van der Waals surface area contributed by atoms with E-state index in [9.17, 15) is 8.42 Å². The van der Waals surface area contributed by atoms with Crippen molar-refractivity contribution in [1.82, 2.24) is 19.8 Å². The molecule has 7 heteroatoms.